The summed E-state index contributed by atoms with van der Waals surface area (Å²) in [5.74, 6) is -3.43. The largest absolute Gasteiger partial charge is 0.447 e. The van der Waals surface area contributed by atoms with Crippen molar-refractivity contribution >= 4 is 42.1 Å². The van der Waals surface area contributed by atoms with Gasteiger partial charge in [-0.15, -0.1) is 0 Å². The molecule has 6 nitrogen and oxygen atoms in total. The second-order valence-electron chi connectivity index (χ2n) is 8.35. The summed E-state index contributed by atoms with van der Waals surface area (Å²) in [6, 6.07) is 7.11. The molecule has 0 aliphatic heterocycles. The van der Waals surface area contributed by atoms with Gasteiger partial charge in [-0.25, -0.2) is 8.78 Å². The summed E-state index contributed by atoms with van der Waals surface area (Å²) in [6.45, 7) is 7.85. The van der Waals surface area contributed by atoms with E-state index < -0.39 is 40.8 Å². The van der Waals surface area contributed by atoms with Gasteiger partial charge in [0, 0.05) is 29.3 Å². The van der Waals surface area contributed by atoms with Crippen LogP contribution in [0, 0.1) is 11.6 Å². The molecule has 2 aromatic rings. The minimum atomic E-state index is -1.56. The number of carbonyl (C=O) groups excluding carboxylic acids is 2. The molecule has 32 heavy (non-hydrogen) atoms. The molecule has 2 rings (SSSR count). The van der Waals surface area contributed by atoms with Crippen molar-refractivity contribution in [3.8, 4) is 0 Å². The standard InChI is InChI=1S/C22H25BClF2NO5/c1-12(28)31-19(13-8-14(25)10-15(26)9-13)20(29)27-16-6-7-17(18(24)11-16)23-32-22(4,5)21(2,3)30/h6-11,19,23,30H,1-5H3,(H,27,29). The molecule has 0 heterocycles. The maximum absolute atomic E-state index is 13.6. The van der Waals surface area contributed by atoms with E-state index in [-0.39, 0.29) is 23.8 Å². The Labute approximate surface area is 191 Å². The Hall–Kier alpha value is -2.49. The van der Waals surface area contributed by atoms with Crippen molar-refractivity contribution in [1.82, 2.24) is 0 Å². The molecule has 0 aliphatic carbocycles. The van der Waals surface area contributed by atoms with Crippen LogP contribution in [-0.4, -0.2) is 35.7 Å². The number of carbonyl (C=O) groups is 2. The highest BCUT2D eigenvalue weighted by Crippen LogP contribution is 2.26. The van der Waals surface area contributed by atoms with Gasteiger partial charge in [-0.3, -0.25) is 9.59 Å². The molecule has 0 spiro atoms. The summed E-state index contributed by atoms with van der Waals surface area (Å²) in [7, 11) is 0.114. The molecule has 0 bridgehead atoms. The summed E-state index contributed by atoms with van der Waals surface area (Å²) in [5, 5.41) is 13.0. The lowest BCUT2D eigenvalue weighted by Crippen LogP contribution is -2.49. The first-order valence-corrected chi connectivity index (χ1v) is 10.2. The smallest absolute Gasteiger partial charge is 0.310 e. The summed E-state index contributed by atoms with van der Waals surface area (Å²) in [4.78, 5) is 24.1. The normalized spacial score (nSPS) is 12.8. The van der Waals surface area contributed by atoms with E-state index in [1.165, 1.54) is 6.07 Å². The van der Waals surface area contributed by atoms with Crippen LogP contribution in [-0.2, 0) is 19.0 Å². The molecule has 1 amide bonds. The van der Waals surface area contributed by atoms with E-state index in [9.17, 15) is 23.5 Å². The van der Waals surface area contributed by atoms with Crippen LogP contribution >= 0.6 is 11.6 Å². The highest BCUT2D eigenvalue weighted by atomic mass is 35.5. The van der Waals surface area contributed by atoms with Crippen LogP contribution in [0.2, 0.25) is 5.02 Å². The fraction of sp³-hybridized carbons (Fsp3) is 0.364. The fourth-order valence-corrected chi connectivity index (χ4v) is 2.79. The van der Waals surface area contributed by atoms with Crippen LogP contribution in [0.4, 0.5) is 14.5 Å². The molecule has 0 aromatic heterocycles. The first kappa shape index (κ1) is 25.8. The zero-order valence-electron chi connectivity index (χ0n) is 18.5. The average Bonchev–Trinajstić information content (AvgIpc) is 2.63. The molecule has 1 atom stereocenters. The number of esters is 1. The third-order valence-electron chi connectivity index (χ3n) is 5.09. The van der Waals surface area contributed by atoms with Crippen molar-refractivity contribution in [2.45, 2.75) is 51.9 Å². The van der Waals surface area contributed by atoms with Crippen molar-refractivity contribution in [1.29, 1.82) is 0 Å². The van der Waals surface area contributed by atoms with Crippen LogP contribution < -0.4 is 10.8 Å². The summed E-state index contributed by atoms with van der Waals surface area (Å²) >= 11 is 6.30. The Bertz CT molecular complexity index is 990. The van der Waals surface area contributed by atoms with Crippen LogP contribution in [0.25, 0.3) is 0 Å². The monoisotopic (exact) mass is 467 g/mol. The number of hydrogen-bond acceptors (Lipinski definition) is 5. The number of rotatable bonds is 8. The predicted octanol–water partition coefficient (Wildman–Crippen LogP) is 3.40. The number of nitrogens with one attached hydrogen (secondary N) is 1. The van der Waals surface area contributed by atoms with Crippen molar-refractivity contribution < 1.29 is 32.9 Å². The van der Waals surface area contributed by atoms with E-state index >= 15 is 0 Å². The lowest BCUT2D eigenvalue weighted by molar-refractivity contribution is -0.152. The maximum atomic E-state index is 13.6. The Kier molecular flexibility index (Phi) is 8.04. The third kappa shape index (κ3) is 6.75. The molecule has 0 aliphatic rings. The molecule has 10 heteroatoms. The highest BCUT2D eigenvalue weighted by molar-refractivity contribution is 6.53. The van der Waals surface area contributed by atoms with Gasteiger partial charge >= 0.3 is 13.5 Å². The van der Waals surface area contributed by atoms with Crippen molar-refractivity contribution in [2.75, 3.05) is 5.32 Å². The van der Waals surface area contributed by atoms with Gasteiger partial charge in [0.15, 0.2) is 0 Å². The second-order valence-corrected chi connectivity index (χ2v) is 8.75. The summed E-state index contributed by atoms with van der Waals surface area (Å²) in [6.07, 6.45) is -1.56. The van der Waals surface area contributed by atoms with Crippen LogP contribution in [0.3, 0.4) is 0 Å². The van der Waals surface area contributed by atoms with Crippen LogP contribution in [0.5, 0.6) is 0 Å². The van der Waals surface area contributed by atoms with E-state index in [2.05, 4.69) is 5.32 Å². The van der Waals surface area contributed by atoms with Gasteiger partial charge in [-0.1, -0.05) is 17.7 Å². The second kappa shape index (κ2) is 9.98. The molecule has 172 valence electrons. The summed E-state index contributed by atoms with van der Waals surface area (Å²) in [5.41, 5.74) is -1.19. The summed E-state index contributed by atoms with van der Waals surface area (Å²) < 4.78 is 37.9. The van der Waals surface area contributed by atoms with Gasteiger partial charge < -0.3 is 19.8 Å². The van der Waals surface area contributed by atoms with E-state index in [0.717, 1.165) is 19.1 Å². The van der Waals surface area contributed by atoms with Gasteiger partial charge in [0.25, 0.3) is 5.91 Å². The molecule has 2 N–H and O–H groups in total. The predicted molar refractivity (Wildman–Crippen MR) is 119 cm³/mol. The minimum Gasteiger partial charge on any atom is -0.447 e. The maximum Gasteiger partial charge on any atom is 0.310 e. The lowest BCUT2D eigenvalue weighted by atomic mass is 9.82. The molecular weight excluding hydrogens is 443 g/mol. The molecule has 0 radical (unpaired) electrons. The third-order valence-corrected chi connectivity index (χ3v) is 5.44. The van der Waals surface area contributed by atoms with Gasteiger partial charge in [0.05, 0.1) is 11.2 Å². The molecule has 0 saturated carbocycles. The Morgan fingerprint density at radius 3 is 2.19 bits per heavy atom. The number of aliphatic hydroxyl groups is 1. The number of halogens is 3. The molecule has 0 saturated heterocycles. The van der Waals surface area contributed by atoms with Gasteiger partial charge in [-0.05, 0) is 57.4 Å². The van der Waals surface area contributed by atoms with E-state index in [1.807, 2.05) is 0 Å². The SMILES string of the molecule is CC(=O)OC(C(=O)Nc1ccc(BOC(C)(C)C(C)(C)O)c(Cl)c1)c1cc(F)cc(F)c1. The number of benzene rings is 2. The first-order valence-electron chi connectivity index (χ1n) is 9.78. The fourth-order valence-electron chi connectivity index (χ4n) is 2.55. The number of amides is 1. The zero-order chi connectivity index (χ0) is 24.3. The topological polar surface area (TPSA) is 84.9 Å². The van der Waals surface area contributed by atoms with E-state index in [0.29, 0.717) is 11.5 Å². The van der Waals surface area contributed by atoms with Gasteiger partial charge in [0.2, 0.25) is 6.10 Å². The van der Waals surface area contributed by atoms with Crippen LogP contribution in [0.15, 0.2) is 36.4 Å². The number of ether oxygens (including phenoxy) is 1. The Balaban J connectivity index is 2.18. The first-order chi connectivity index (χ1) is 14.7. The van der Waals surface area contributed by atoms with E-state index in [4.69, 9.17) is 21.0 Å². The molecule has 1 unspecified atom stereocenters. The quantitative estimate of drug-likeness (QED) is 0.459. The van der Waals surface area contributed by atoms with Gasteiger partial charge in [-0.2, -0.15) is 0 Å². The van der Waals surface area contributed by atoms with Crippen molar-refractivity contribution in [2.24, 2.45) is 0 Å². The lowest BCUT2D eigenvalue weighted by Gasteiger charge is -2.37. The van der Waals surface area contributed by atoms with Crippen molar-refractivity contribution in [3.63, 3.8) is 0 Å². The van der Waals surface area contributed by atoms with E-state index in [1.54, 1.807) is 39.8 Å². The minimum absolute atomic E-state index is 0.114. The zero-order valence-corrected chi connectivity index (χ0v) is 19.2. The van der Waals surface area contributed by atoms with Gasteiger partial charge in [0.1, 0.15) is 11.6 Å². The molecular formula is C22H25BClF2NO5. The molecule has 2 aromatic carbocycles. The number of hydrogen-bond donors (Lipinski definition) is 2. The Morgan fingerprint density at radius 1 is 1.09 bits per heavy atom. The molecule has 0 fully saturated rings. The highest BCUT2D eigenvalue weighted by Gasteiger charge is 2.35. The van der Waals surface area contributed by atoms with Crippen LogP contribution in [0.1, 0.15) is 46.3 Å². The Morgan fingerprint density at radius 2 is 1.69 bits per heavy atom. The number of anilines is 1. The average molecular weight is 468 g/mol. The van der Waals surface area contributed by atoms with Crippen molar-refractivity contribution in [3.05, 3.63) is 58.6 Å².